The van der Waals surface area contributed by atoms with Crippen LogP contribution in [0.4, 0.5) is 0 Å². The second-order valence-corrected chi connectivity index (χ2v) is 8.01. The lowest BCUT2D eigenvalue weighted by atomic mass is 9.86. The fourth-order valence-electron chi connectivity index (χ4n) is 3.68. The van der Waals surface area contributed by atoms with Crippen molar-refractivity contribution in [1.29, 1.82) is 0 Å². The molecule has 2 heterocycles. The summed E-state index contributed by atoms with van der Waals surface area (Å²) in [6, 6.07) is 6.15. The molecule has 25 heavy (non-hydrogen) atoms. The number of hydrogen-bond donors (Lipinski definition) is 1. The molecule has 2 aliphatic rings. The topological polar surface area (TPSA) is 50.8 Å². The van der Waals surface area contributed by atoms with Crippen LogP contribution in [-0.4, -0.2) is 42.8 Å². The molecule has 0 aliphatic carbocycles. The lowest BCUT2D eigenvalue weighted by molar-refractivity contribution is -0.132. The van der Waals surface area contributed by atoms with Crippen LogP contribution in [0.15, 0.2) is 18.2 Å². The molecule has 0 unspecified atom stereocenters. The van der Waals surface area contributed by atoms with Crippen LogP contribution in [0.5, 0.6) is 11.5 Å². The Morgan fingerprint density at radius 1 is 1.28 bits per heavy atom. The molecule has 1 aromatic rings. The molecule has 2 aliphatic heterocycles. The minimum atomic E-state index is -0.474. The predicted octanol–water partition coefficient (Wildman–Crippen LogP) is 3.15. The first-order chi connectivity index (χ1) is 11.9. The highest BCUT2D eigenvalue weighted by Gasteiger charge is 2.37. The van der Waals surface area contributed by atoms with Crippen LogP contribution in [0.1, 0.15) is 52.0 Å². The van der Waals surface area contributed by atoms with Gasteiger partial charge in [-0.2, -0.15) is 0 Å². The van der Waals surface area contributed by atoms with Crippen LogP contribution < -0.4 is 14.8 Å². The fourth-order valence-corrected chi connectivity index (χ4v) is 3.68. The van der Waals surface area contributed by atoms with E-state index in [1.54, 1.807) is 0 Å². The highest BCUT2D eigenvalue weighted by atomic mass is 16.7. The van der Waals surface area contributed by atoms with E-state index >= 15 is 0 Å². The van der Waals surface area contributed by atoms with Crippen LogP contribution in [0.3, 0.4) is 0 Å². The first-order valence-electron chi connectivity index (χ1n) is 9.31. The van der Waals surface area contributed by atoms with Crippen molar-refractivity contribution in [1.82, 2.24) is 10.2 Å². The standard InChI is InChI=1S/C20H30N2O3/c1-14(2)12-21-19(23)20(3,4)22-10-8-15(9-11-22)16-6-5-7-17-18(16)25-13-24-17/h5-7,14-15H,8-13H2,1-4H3,(H,21,23). The summed E-state index contributed by atoms with van der Waals surface area (Å²) in [4.78, 5) is 14.9. The SMILES string of the molecule is CC(C)CNC(=O)C(C)(C)N1CCC(c2cccc3c2OCO3)CC1. The Morgan fingerprint density at radius 3 is 2.68 bits per heavy atom. The molecule has 1 N–H and O–H groups in total. The van der Waals surface area contributed by atoms with Gasteiger partial charge >= 0.3 is 0 Å². The molecule has 0 radical (unpaired) electrons. The van der Waals surface area contributed by atoms with E-state index in [4.69, 9.17) is 9.47 Å². The zero-order valence-electron chi connectivity index (χ0n) is 15.8. The van der Waals surface area contributed by atoms with Crippen LogP contribution >= 0.6 is 0 Å². The summed E-state index contributed by atoms with van der Waals surface area (Å²) in [7, 11) is 0. The molecule has 0 saturated carbocycles. The van der Waals surface area contributed by atoms with Gasteiger partial charge in [0.1, 0.15) is 0 Å². The Bertz CT molecular complexity index is 619. The van der Waals surface area contributed by atoms with Gasteiger partial charge in [0.2, 0.25) is 12.7 Å². The van der Waals surface area contributed by atoms with Gasteiger partial charge in [-0.15, -0.1) is 0 Å². The molecule has 0 spiro atoms. The number of carbonyl (C=O) groups excluding carboxylic acids is 1. The number of para-hydroxylation sites is 1. The van der Waals surface area contributed by atoms with Crippen molar-refractivity contribution in [3.05, 3.63) is 23.8 Å². The lowest BCUT2D eigenvalue weighted by Gasteiger charge is -2.42. The van der Waals surface area contributed by atoms with E-state index in [0.29, 0.717) is 18.6 Å². The number of benzene rings is 1. The number of nitrogens with one attached hydrogen (secondary N) is 1. The van der Waals surface area contributed by atoms with Crippen molar-refractivity contribution in [3.63, 3.8) is 0 Å². The number of hydrogen-bond acceptors (Lipinski definition) is 4. The first-order valence-corrected chi connectivity index (χ1v) is 9.31. The van der Waals surface area contributed by atoms with Gasteiger partial charge < -0.3 is 14.8 Å². The normalized spacial score (nSPS) is 18.6. The number of likely N-dealkylation sites (tertiary alicyclic amines) is 1. The molecule has 138 valence electrons. The molecule has 0 aromatic heterocycles. The van der Waals surface area contributed by atoms with Crippen molar-refractivity contribution in [2.45, 2.75) is 52.0 Å². The van der Waals surface area contributed by atoms with Crippen LogP contribution in [-0.2, 0) is 4.79 Å². The molecule has 1 amide bonds. The van der Waals surface area contributed by atoms with Gasteiger partial charge in [-0.05, 0) is 57.7 Å². The summed E-state index contributed by atoms with van der Waals surface area (Å²) in [6.07, 6.45) is 2.06. The maximum atomic E-state index is 12.6. The van der Waals surface area contributed by atoms with E-state index in [-0.39, 0.29) is 5.91 Å². The highest BCUT2D eigenvalue weighted by Crippen LogP contribution is 2.42. The smallest absolute Gasteiger partial charge is 0.239 e. The predicted molar refractivity (Wildman–Crippen MR) is 98.0 cm³/mol. The third kappa shape index (κ3) is 3.76. The monoisotopic (exact) mass is 346 g/mol. The van der Waals surface area contributed by atoms with Crippen molar-refractivity contribution < 1.29 is 14.3 Å². The Balaban J connectivity index is 1.62. The summed E-state index contributed by atoms with van der Waals surface area (Å²) in [5.41, 5.74) is 0.773. The average Bonchev–Trinajstić information content (AvgIpc) is 3.08. The van der Waals surface area contributed by atoms with E-state index in [1.807, 2.05) is 26.0 Å². The van der Waals surface area contributed by atoms with Gasteiger partial charge in [-0.25, -0.2) is 0 Å². The lowest BCUT2D eigenvalue weighted by Crippen LogP contribution is -2.57. The van der Waals surface area contributed by atoms with Crippen LogP contribution in [0.25, 0.3) is 0 Å². The zero-order chi connectivity index (χ0) is 18.0. The van der Waals surface area contributed by atoms with E-state index in [9.17, 15) is 4.79 Å². The number of amides is 1. The van der Waals surface area contributed by atoms with Crippen LogP contribution in [0.2, 0.25) is 0 Å². The number of rotatable bonds is 5. The van der Waals surface area contributed by atoms with E-state index in [1.165, 1.54) is 5.56 Å². The van der Waals surface area contributed by atoms with Crippen molar-refractivity contribution in [3.8, 4) is 11.5 Å². The Labute approximate surface area is 150 Å². The van der Waals surface area contributed by atoms with Gasteiger partial charge in [0.05, 0.1) is 5.54 Å². The highest BCUT2D eigenvalue weighted by molar-refractivity contribution is 5.85. The minimum absolute atomic E-state index is 0.122. The third-order valence-corrected chi connectivity index (χ3v) is 5.38. The Hall–Kier alpha value is -1.75. The fraction of sp³-hybridized carbons (Fsp3) is 0.650. The second-order valence-electron chi connectivity index (χ2n) is 8.01. The quantitative estimate of drug-likeness (QED) is 0.890. The van der Waals surface area contributed by atoms with Gasteiger partial charge in [0.15, 0.2) is 11.5 Å². The Morgan fingerprint density at radius 2 is 2.00 bits per heavy atom. The average molecular weight is 346 g/mol. The van der Waals surface area contributed by atoms with Gasteiger partial charge in [-0.1, -0.05) is 26.0 Å². The van der Waals surface area contributed by atoms with Gasteiger partial charge in [-0.3, -0.25) is 9.69 Å². The summed E-state index contributed by atoms with van der Waals surface area (Å²) in [5, 5.41) is 3.08. The number of fused-ring (bicyclic) bond motifs is 1. The maximum absolute atomic E-state index is 12.6. The number of carbonyl (C=O) groups is 1. The zero-order valence-corrected chi connectivity index (χ0v) is 15.8. The molecular formula is C20H30N2O3. The van der Waals surface area contributed by atoms with E-state index in [2.05, 4.69) is 30.1 Å². The molecule has 5 nitrogen and oxygen atoms in total. The molecule has 0 bridgehead atoms. The summed E-state index contributed by atoms with van der Waals surface area (Å²) >= 11 is 0. The van der Waals surface area contributed by atoms with Gasteiger partial charge in [0, 0.05) is 12.1 Å². The van der Waals surface area contributed by atoms with E-state index < -0.39 is 5.54 Å². The number of piperidine rings is 1. The van der Waals surface area contributed by atoms with Crippen molar-refractivity contribution in [2.75, 3.05) is 26.4 Å². The first kappa shape index (κ1) is 18.1. The van der Waals surface area contributed by atoms with Crippen molar-refractivity contribution >= 4 is 5.91 Å². The van der Waals surface area contributed by atoms with Crippen LogP contribution in [0, 0.1) is 5.92 Å². The second kappa shape index (κ2) is 7.24. The summed E-state index contributed by atoms with van der Waals surface area (Å²) in [6.45, 7) is 11.2. The number of nitrogens with zero attached hydrogens (tertiary/aromatic N) is 1. The van der Waals surface area contributed by atoms with Gasteiger partial charge in [0.25, 0.3) is 0 Å². The maximum Gasteiger partial charge on any atom is 0.239 e. The molecule has 1 saturated heterocycles. The molecule has 0 atom stereocenters. The minimum Gasteiger partial charge on any atom is -0.454 e. The molecule has 3 rings (SSSR count). The molecule has 1 aromatic carbocycles. The summed E-state index contributed by atoms with van der Waals surface area (Å²) in [5.74, 6) is 2.82. The van der Waals surface area contributed by atoms with Crippen molar-refractivity contribution in [2.24, 2.45) is 5.92 Å². The Kier molecular flexibility index (Phi) is 5.23. The summed E-state index contributed by atoms with van der Waals surface area (Å²) < 4.78 is 11.2. The molecule has 1 fully saturated rings. The molecule has 5 heteroatoms. The largest absolute Gasteiger partial charge is 0.454 e. The molecular weight excluding hydrogens is 316 g/mol. The van der Waals surface area contributed by atoms with E-state index in [0.717, 1.165) is 44.0 Å². The number of ether oxygens (including phenoxy) is 2. The third-order valence-electron chi connectivity index (χ3n) is 5.38.